The standard InChI is InChI=1S/C22H29NO5S/c1-15-7-4-5-8-16(2)13-21(26)28-18(12-11-15)9-6-10-20(25)19-14-29-22(27)23(19)17(3)24/h4,6-7,10,13,15,18-19H,5,8-9,11-12,14H2,1-3H3/b7-4-,10-6-,16-13-/t15-,18+,19+/m1/s1. The number of nitrogens with zero attached hydrogens (tertiary/aromatic N) is 1. The summed E-state index contributed by atoms with van der Waals surface area (Å²) < 4.78 is 5.60. The molecule has 29 heavy (non-hydrogen) atoms. The van der Waals surface area contributed by atoms with Gasteiger partial charge < -0.3 is 4.74 Å². The highest BCUT2D eigenvalue weighted by molar-refractivity contribution is 8.14. The number of amides is 2. The van der Waals surface area contributed by atoms with E-state index in [4.69, 9.17) is 4.74 Å². The minimum atomic E-state index is -0.754. The Morgan fingerprint density at radius 3 is 2.79 bits per heavy atom. The lowest BCUT2D eigenvalue weighted by atomic mass is 9.99. The van der Waals surface area contributed by atoms with Crippen molar-refractivity contribution >= 4 is 34.7 Å². The maximum absolute atomic E-state index is 12.4. The Kier molecular flexibility index (Phi) is 8.89. The molecule has 2 aliphatic heterocycles. The van der Waals surface area contributed by atoms with Gasteiger partial charge in [0.2, 0.25) is 5.91 Å². The zero-order valence-corrected chi connectivity index (χ0v) is 18.1. The summed E-state index contributed by atoms with van der Waals surface area (Å²) in [6, 6.07) is -0.754. The van der Waals surface area contributed by atoms with E-state index in [-0.39, 0.29) is 28.8 Å². The molecule has 6 nitrogen and oxygen atoms in total. The molecule has 0 aromatic heterocycles. The van der Waals surface area contributed by atoms with Crippen LogP contribution < -0.4 is 0 Å². The molecule has 0 aromatic carbocycles. The van der Waals surface area contributed by atoms with Gasteiger partial charge in [0.05, 0.1) is 0 Å². The first kappa shape index (κ1) is 23.1. The average Bonchev–Trinajstić information content (AvgIpc) is 3.04. The normalized spacial score (nSPS) is 29.6. The molecular formula is C22H29NO5S. The zero-order valence-electron chi connectivity index (χ0n) is 17.3. The lowest BCUT2D eigenvalue weighted by molar-refractivity contribution is -0.143. The van der Waals surface area contributed by atoms with Crippen LogP contribution in [0.2, 0.25) is 0 Å². The molecule has 0 N–H and O–H groups in total. The first-order valence-corrected chi connectivity index (χ1v) is 11.0. The van der Waals surface area contributed by atoms with Crippen LogP contribution in [0.4, 0.5) is 4.79 Å². The Balaban J connectivity index is 2.00. The summed E-state index contributed by atoms with van der Waals surface area (Å²) in [7, 11) is 0. The Morgan fingerprint density at radius 2 is 2.07 bits per heavy atom. The molecule has 0 bridgehead atoms. The number of hydrogen-bond donors (Lipinski definition) is 0. The summed E-state index contributed by atoms with van der Waals surface area (Å²) in [4.78, 5) is 49.0. The van der Waals surface area contributed by atoms with Gasteiger partial charge in [-0.1, -0.05) is 42.5 Å². The molecule has 0 spiro atoms. The van der Waals surface area contributed by atoms with Crippen molar-refractivity contribution in [2.45, 2.75) is 65.0 Å². The summed E-state index contributed by atoms with van der Waals surface area (Å²) in [5.41, 5.74) is 0.977. The van der Waals surface area contributed by atoms with Gasteiger partial charge in [0.25, 0.3) is 5.24 Å². The third-order valence-electron chi connectivity index (χ3n) is 4.98. The largest absolute Gasteiger partial charge is 0.459 e. The van der Waals surface area contributed by atoms with Crippen LogP contribution in [-0.2, 0) is 19.1 Å². The molecular weight excluding hydrogens is 390 g/mol. The molecule has 3 atom stereocenters. The number of allylic oxidation sites excluding steroid dienone is 3. The number of esters is 1. The molecule has 1 fully saturated rings. The first-order valence-electron chi connectivity index (χ1n) is 9.99. The van der Waals surface area contributed by atoms with Gasteiger partial charge in [0.15, 0.2) is 5.78 Å². The lowest BCUT2D eigenvalue weighted by Crippen LogP contribution is -2.41. The highest BCUT2D eigenvalue weighted by Gasteiger charge is 2.38. The lowest BCUT2D eigenvalue weighted by Gasteiger charge is -2.19. The summed E-state index contributed by atoms with van der Waals surface area (Å²) in [6.07, 6.45) is 12.3. The predicted molar refractivity (Wildman–Crippen MR) is 113 cm³/mol. The number of rotatable bonds is 4. The number of imide groups is 1. The fraction of sp³-hybridized carbons (Fsp3) is 0.545. The number of thioether (sulfide) groups is 1. The van der Waals surface area contributed by atoms with Gasteiger partial charge in [-0.2, -0.15) is 0 Å². The van der Waals surface area contributed by atoms with E-state index in [1.54, 1.807) is 6.08 Å². The first-order chi connectivity index (χ1) is 13.8. The summed E-state index contributed by atoms with van der Waals surface area (Å²) in [5.74, 6) is -0.413. The van der Waals surface area contributed by atoms with Crippen LogP contribution in [0, 0.1) is 5.92 Å². The van der Waals surface area contributed by atoms with Gasteiger partial charge in [-0.3, -0.25) is 19.3 Å². The molecule has 2 amide bonds. The highest BCUT2D eigenvalue weighted by atomic mass is 32.2. The second-order valence-electron chi connectivity index (χ2n) is 7.59. The minimum absolute atomic E-state index is 0.272. The van der Waals surface area contributed by atoms with E-state index >= 15 is 0 Å². The zero-order chi connectivity index (χ0) is 21.4. The van der Waals surface area contributed by atoms with Gasteiger partial charge in [-0.15, -0.1) is 0 Å². The molecule has 158 valence electrons. The fourth-order valence-corrected chi connectivity index (χ4v) is 4.32. The van der Waals surface area contributed by atoms with Crippen molar-refractivity contribution in [1.29, 1.82) is 0 Å². The maximum atomic E-state index is 12.4. The number of ketones is 1. The quantitative estimate of drug-likeness (QED) is 0.386. The summed E-state index contributed by atoms with van der Waals surface area (Å²) in [5, 5.41) is -0.387. The van der Waals surface area contributed by atoms with E-state index in [2.05, 4.69) is 19.1 Å². The number of ether oxygens (including phenoxy) is 1. The van der Waals surface area contributed by atoms with Gasteiger partial charge >= 0.3 is 5.97 Å². The number of carbonyl (C=O) groups is 4. The molecule has 7 heteroatoms. The fourth-order valence-electron chi connectivity index (χ4n) is 3.31. The Morgan fingerprint density at radius 1 is 1.31 bits per heavy atom. The van der Waals surface area contributed by atoms with Crippen LogP contribution in [-0.4, -0.2) is 45.7 Å². The third kappa shape index (κ3) is 7.31. The number of carbonyl (C=O) groups excluding carboxylic acids is 4. The molecule has 0 aromatic rings. The SMILES string of the molecule is CC(=O)N1C(=O)SC[C@H]1C(=O)/C=C\C[C@H]1CC[C@H](C)/C=C\CC/C(C)=C\C(=O)O1. The van der Waals surface area contributed by atoms with Crippen molar-refractivity contribution in [3.05, 3.63) is 36.0 Å². The Labute approximate surface area is 176 Å². The van der Waals surface area contributed by atoms with E-state index in [0.717, 1.165) is 41.5 Å². The Hall–Kier alpha value is -2.15. The number of cyclic esters (lactones) is 1. The van der Waals surface area contributed by atoms with E-state index < -0.39 is 11.9 Å². The van der Waals surface area contributed by atoms with Crippen molar-refractivity contribution in [3.63, 3.8) is 0 Å². The topological polar surface area (TPSA) is 80.8 Å². The number of hydrogen-bond acceptors (Lipinski definition) is 6. The van der Waals surface area contributed by atoms with E-state index in [9.17, 15) is 19.2 Å². The third-order valence-corrected chi connectivity index (χ3v) is 5.91. The van der Waals surface area contributed by atoms with Gasteiger partial charge in [0.1, 0.15) is 12.1 Å². The molecule has 2 rings (SSSR count). The average molecular weight is 420 g/mol. The van der Waals surface area contributed by atoms with Crippen molar-refractivity contribution in [2.24, 2.45) is 5.92 Å². The van der Waals surface area contributed by atoms with Crippen LogP contribution in [0.25, 0.3) is 0 Å². The van der Waals surface area contributed by atoms with Crippen LogP contribution in [0.1, 0.15) is 52.9 Å². The van der Waals surface area contributed by atoms with Gasteiger partial charge in [-0.05, 0) is 44.6 Å². The summed E-state index contributed by atoms with van der Waals surface area (Å²) >= 11 is 0.975. The predicted octanol–water partition coefficient (Wildman–Crippen LogP) is 4.21. The molecule has 2 heterocycles. The molecule has 0 unspecified atom stereocenters. The highest BCUT2D eigenvalue weighted by Crippen LogP contribution is 2.25. The molecule has 2 aliphatic rings. The molecule has 1 saturated heterocycles. The van der Waals surface area contributed by atoms with Crippen LogP contribution in [0.15, 0.2) is 36.0 Å². The summed E-state index contributed by atoms with van der Waals surface area (Å²) in [6.45, 7) is 5.33. The smallest absolute Gasteiger partial charge is 0.330 e. The monoisotopic (exact) mass is 419 g/mol. The molecule has 0 radical (unpaired) electrons. The van der Waals surface area contributed by atoms with E-state index in [1.165, 1.54) is 19.1 Å². The Bertz CT molecular complexity index is 739. The van der Waals surface area contributed by atoms with Gasteiger partial charge in [-0.25, -0.2) is 4.79 Å². The second-order valence-corrected chi connectivity index (χ2v) is 8.56. The van der Waals surface area contributed by atoms with Gasteiger partial charge in [0, 0.05) is 25.2 Å². The van der Waals surface area contributed by atoms with Crippen molar-refractivity contribution in [2.75, 3.05) is 5.75 Å². The molecule has 0 aliphatic carbocycles. The maximum Gasteiger partial charge on any atom is 0.330 e. The minimum Gasteiger partial charge on any atom is -0.459 e. The molecule has 0 saturated carbocycles. The van der Waals surface area contributed by atoms with E-state index in [0.29, 0.717) is 18.8 Å². The van der Waals surface area contributed by atoms with Crippen molar-refractivity contribution < 1.29 is 23.9 Å². The van der Waals surface area contributed by atoms with Crippen LogP contribution >= 0.6 is 11.8 Å². The van der Waals surface area contributed by atoms with Crippen LogP contribution in [0.3, 0.4) is 0 Å². The van der Waals surface area contributed by atoms with Crippen molar-refractivity contribution in [3.8, 4) is 0 Å². The second kappa shape index (κ2) is 11.1. The van der Waals surface area contributed by atoms with Crippen LogP contribution in [0.5, 0.6) is 0 Å². The van der Waals surface area contributed by atoms with Crippen molar-refractivity contribution in [1.82, 2.24) is 4.90 Å². The van der Waals surface area contributed by atoms with E-state index in [1.807, 2.05) is 6.92 Å².